The topological polar surface area (TPSA) is 61.8 Å². The first-order valence-electron chi connectivity index (χ1n) is 13.9. The monoisotopic (exact) mass is 496 g/mol. The molecule has 0 radical (unpaired) electrons. The number of carbonyl (C=O) groups excluding carboxylic acids is 2. The lowest BCUT2D eigenvalue weighted by molar-refractivity contribution is -0.228. The van der Waals surface area contributed by atoms with Crippen LogP contribution in [0.1, 0.15) is 98.1 Å². The van der Waals surface area contributed by atoms with Crippen LogP contribution in [0.5, 0.6) is 11.5 Å². The maximum Gasteiger partial charge on any atom is 0.308 e. The fourth-order valence-electron chi connectivity index (χ4n) is 9.71. The van der Waals surface area contributed by atoms with Crippen LogP contribution in [0.3, 0.4) is 0 Å². The smallest absolute Gasteiger partial charge is 0.308 e. The van der Waals surface area contributed by atoms with E-state index >= 15 is 0 Å². The normalized spacial score (nSPS) is 40.4. The molecule has 5 nitrogen and oxygen atoms in total. The van der Waals surface area contributed by atoms with Gasteiger partial charge in [-0.3, -0.25) is 9.59 Å². The van der Waals surface area contributed by atoms with E-state index in [4.69, 9.17) is 14.2 Å². The van der Waals surface area contributed by atoms with Gasteiger partial charge in [-0.05, 0) is 105 Å². The number of aryl methyl sites for hydroxylation is 1. The molecule has 3 saturated carbocycles. The molecule has 3 aliphatic carbocycles. The van der Waals surface area contributed by atoms with E-state index in [0.717, 1.165) is 49.8 Å². The van der Waals surface area contributed by atoms with Crippen LogP contribution >= 0.6 is 0 Å². The minimum atomic E-state index is -0.293. The molecule has 1 aliphatic heterocycles. The average Bonchev–Trinajstić information content (AvgIpc) is 2.74. The fraction of sp³-hybridized carbons (Fsp3) is 0.742. The van der Waals surface area contributed by atoms with Gasteiger partial charge in [0.25, 0.3) is 0 Å². The maximum atomic E-state index is 11.9. The van der Waals surface area contributed by atoms with Gasteiger partial charge in [0.05, 0.1) is 0 Å². The number of fused-ring (bicyclic) bond motifs is 6. The first-order chi connectivity index (χ1) is 16.7. The highest BCUT2D eigenvalue weighted by molar-refractivity contribution is 5.70. The van der Waals surface area contributed by atoms with Gasteiger partial charge < -0.3 is 14.2 Å². The number of rotatable bonds is 2. The number of esters is 2. The van der Waals surface area contributed by atoms with Crippen molar-refractivity contribution in [3.8, 4) is 11.5 Å². The number of benzene rings is 1. The third-order valence-corrected chi connectivity index (χ3v) is 11.1. The summed E-state index contributed by atoms with van der Waals surface area (Å²) in [5.74, 6) is 2.67. The summed E-state index contributed by atoms with van der Waals surface area (Å²) in [5.41, 5.74) is 2.35. The Hall–Kier alpha value is -2.04. The van der Waals surface area contributed by atoms with E-state index in [-0.39, 0.29) is 39.9 Å². The van der Waals surface area contributed by atoms with Crippen molar-refractivity contribution >= 4 is 11.9 Å². The van der Waals surface area contributed by atoms with Gasteiger partial charge in [-0.25, -0.2) is 0 Å². The van der Waals surface area contributed by atoms with Crippen molar-refractivity contribution in [2.75, 3.05) is 0 Å². The van der Waals surface area contributed by atoms with Crippen LogP contribution in [0, 0.1) is 40.9 Å². The second-order valence-electron chi connectivity index (χ2n) is 13.6. The van der Waals surface area contributed by atoms with Crippen molar-refractivity contribution in [2.24, 2.45) is 34.0 Å². The van der Waals surface area contributed by atoms with Gasteiger partial charge in [0.15, 0.2) is 0 Å². The van der Waals surface area contributed by atoms with Gasteiger partial charge in [-0.2, -0.15) is 0 Å². The number of carbonyl (C=O) groups is 2. The lowest BCUT2D eigenvalue weighted by atomic mass is 9.37. The lowest BCUT2D eigenvalue weighted by Crippen LogP contribution is -2.66. The molecule has 5 rings (SSSR count). The Kier molecular flexibility index (Phi) is 5.85. The van der Waals surface area contributed by atoms with Gasteiger partial charge in [0.2, 0.25) is 0 Å². The highest BCUT2D eigenvalue weighted by Crippen LogP contribution is 2.71. The highest BCUT2D eigenvalue weighted by atomic mass is 16.5. The fourth-order valence-corrected chi connectivity index (χ4v) is 9.71. The molecule has 7 atom stereocenters. The van der Waals surface area contributed by atoms with Crippen LogP contribution in [-0.2, 0) is 20.7 Å². The molecule has 198 valence electrons. The van der Waals surface area contributed by atoms with E-state index in [0.29, 0.717) is 23.5 Å². The summed E-state index contributed by atoms with van der Waals surface area (Å²) >= 11 is 0. The summed E-state index contributed by atoms with van der Waals surface area (Å²) in [5, 5.41) is 0. The van der Waals surface area contributed by atoms with Crippen molar-refractivity contribution in [3.05, 3.63) is 23.3 Å². The van der Waals surface area contributed by atoms with E-state index in [1.165, 1.54) is 18.9 Å². The quantitative estimate of drug-likeness (QED) is 0.332. The molecule has 0 amide bonds. The third-order valence-electron chi connectivity index (χ3n) is 11.1. The zero-order valence-electron chi connectivity index (χ0n) is 23.5. The summed E-state index contributed by atoms with van der Waals surface area (Å²) < 4.78 is 18.2. The molecule has 0 bridgehead atoms. The molecule has 1 heterocycles. The lowest BCUT2D eigenvalue weighted by Gasteiger charge is -2.69. The SMILES string of the molecule is CC(=O)Oc1cc(C)c2c(c1)CC1C(C)(CCC3C1(C)CCC1C(C)(C)C(OC(C)=O)CCC13C)O2. The van der Waals surface area contributed by atoms with E-state index < -0.39 is 0 Å². The van der Waals surface area contributed by atoms with Crippen molar-refractivity contribution in [2.45, 2.75) is 112 Å². The average molecular weight is 497 g/mol. The van der Waals surface area contributed by atoms with Crippen LogP contribution in [0.15, 0.2) is 12.1 Å². The van der Waals surface area contributed by atoms with Gasteiger partial charge in [0, 0.05) is 25.2 Å². The number of hydrogen-bond donors (Lipinski definition) is 0. The largest absolute Gasteiger partial charge is 0.487 e. The van der Waals surface area contributed by atoms with Crippen molar-refractivity contribution in [1.29, 1.82) is 0 Å². The van der Waals surface area contributed by atoms with Gasteiger partial charge in [-0.1, -0.05) is 27.7 Å². The molecule has 1 aromatic carbocycles. The molecule has 7 unspecified atom stereocenters. The Morgan fingerprint density at radius 3 is 2.17 bits per heavy atom. The molecule has 0 saturated heterocycles. The Bertz CT molecular complexity index is 1090. The molecule has 1 aromatic rings. The second kappa shape index (κ2) is 8.23. The summed E-state index contributed by atoms with van der Waals surface area (Å²) in [7, 11) is 0. The zero-order chi connectivity index (χ0) is 26.3. The summed E-state index contributed by atoms with van der Waals surface area (Å²) in [6.45, 7) is 17.1. The molecular weight excluding hydrogens is 452 g/mol. The Morgan fingerprint density at radius 1 is 0.861 bits per heavy atom. The zero-order valence-corrected chi connectivity index (χ0v) is 23.5. The van der Waals surface area contributed by atoms with Crippen LogP contribution in [0.2, 0.25) is 0 Å². The van der Waals surface area contributed by atoms with E-state index in [2.05, 4.69) is 41.5 Å². The summed E-state index contributed by atoms with van der Waals surface area (Å²) in [6, 6.07) is 3.95. The Labute approximate surface area is 216 Å². The van der Waals surface area contributed by atoms with Gasteiger partial charge in [-0.15, -0.1) is 0 Å². The van der Waals surface area contributed by atoms with Crippen LogP contribution < -0.4 is 9.47 Å². The Morgan fingerprint density at radius 2 is 1.50 bits per heavy atom. The molecular formula is C31H44O5. The minimum Gasteiger partial charge on any atom is -0.487 e. The van der Waals surface area contributed by atoms with Crippen molar-refractivity contribution in [3.63, 3.8) is 0 Å². The maximum absolute atomic E-state index is 11.9. The minimum absolute atomic E-state index is 0.00106. The number of ether oxygens (including phenoxy) is 3. The van der Waals surface area contributed by atoms with Gasteiger partial charge in [0.1, 0.15) is 23.2 Å². The second-order valence-corrected chi connectivity index (χ2v) is 13.6. The van der Waals surface area contributed by atoms with E-state index in [1.54, 1.807) is 6.92 Å². The third kappa shape index (κ3) is 3.70. The molecule has 3 fully saturated rings. The Balaban J connectivity index is 1.50. The van der Waals surface area contributed by atoms with Crippen LogP contribution in [0.25, 0.3) is 0 Å². The molecule has 0 N–H and O–H groups in total. The predicted octanol–water partition coefficient (Wildman–Crippen LogP) is 6.81. The summed E-state index contributed by atoms with van der Waals surface area (Å²) in [6.07, 6.45) is 7.54. The molecule has 4 aliphatic rings. The van der Waals surface area contributed by atoms with Crippen molar-refractivity contribution < 1.29 is 23.8 Å². The van der Waals surface area contributed by atoms with Crippen molar-refractivity contribution in [1.82, 2.24) is 0 Å². The molecule has 5 heteroatoms. The first-order valence-corrected chi connectivity index (χ1v) is 13.9. The standard InChI is InChI=1S/C31H44O5/c1-18-15-22(34-19(2)32)16-21-17-25-30(7)12-9-23-28(4,5)26(35-20(3)33)11-13-29(23,6)24(30)10-14-31(25,8)36-27(18)21/h15-16,23-26H,9-14,17H2,1-8H3. The molecule has 36 heavy (non-hydrogen) atoms. The van der Waals surface area contributed by atoms with E-state index in [9.17, 15) is 9.59 Å². The summed E-state index contributed by atoms with van der Waals surface area (Å²) in [4.78, 5) is 23.5. The van der Waals surface area contributed by atoms with E-state index in [1.807, 2.05) is 12.1 Å². The highest BCUT2D eigenvalue weighted by Gasteiger charge is 2.67. The predicted molar refractivity (Wildman–Crippen MR) is 139 cm³/mol. The molecule has 0 aromatic heterocycles. The number of hydrogen-bond acceptors (Lipinski definition) is 5. The first kappa shape index (κ1) is 25.6. The van der Waals surface area contributed by atoms with Crippen LogP contribution in [0.4, 0.5) is 0 Å². The van der Waals surface area contributed by atoms with Crippen LogP contribution in [-0.4, -0.2) is 23.6 Å². The van der Waals surface area contributed by atoms with Gasteiger partial charge >= 0.3 is 11.9 Å². The molecule has 0 spiro atoms.